The molecule has 0 aliphatic carbocycles. The smallest absolute Gasteiger partial charge is 0.326 e. The van der Waals surface area contributed by atoms with E-state index >= 15 is 0 Å². The van der Waals surface area contributed by atoms with Gasteiger partial charge in [0, 0.05) is 19.0 Å². The predicted molar refractivity (Wildman–Crippen MR) is 67.8 cm³/mol. The summed E-state index contributed by atoms with van der Waals surface area (Å²) in [5, 5.41) is 21.4. The molecule has 2 heterocycles. The molecule has 2 aliphatic rings. The molecule has 2 saturated heterocycles. The third kappa shape index (κ3) is 3.36. The van der Waals surface area contributed by atoms with E-state index in [-0.39, 0.29) is 25.0 Å². The minimum atomic E-state index is -1.06. The van der Waals surface area contributed by atoms with E-state index in [1.54, 1.807) is 0 Å². The number of aliphatic carboxylic acids is 1. The third-order valence-electron chi connectivity index (χ3n) is 3.87. The van der Waals surface area contributed by atoms with Crippen LogP contribution < -0.4 is 5.32 Å². The second-order valence-electron chi connectivity index (χ2n) is 5.42. The molecule has 0 radical (unpaired) electrons. The topological polar surface area (TPSA) is 93.1 Å². The predicted octanol–water partition coefficient (Wildman–Crippen LogP) is -0.690. The van der Waals surface area contributed by atoms with Crippen LogP contribution in [-0.4, -0.2) is 76.9 Å². The Labute approximate surface area is 112 Å². The zero-order valence-electron chi connectivity index (χ0n) is 11.1. The number of urea groups is 1. The molecule has 0 aromatic carbocycles. The summed E-state index contributed by atoms with van der Waals surface area (Å²) in [6.45, 7) is 1.95. The first-order valence-corrected chi connectivity index (χ1v) is 6.64. The summed E-state index contributed by atoms with van der Waals surface area (Å²) < 4.78 is 0. The molecule has 7 heteroatoms. The SMILES string of the molecule is CN1CCC(NC(=O)N2C[C@@H](O)C[C@H]2C(=O)O)CC1. The molecule has 0 spiro atoms. The van der Waals surface area contributed by atoms with Crippen LogP contribution in [0.25, 0.3) is 0 Å². The number of carbonyl (C=O) groups excluding carboxylic acids is 1. The Morgan fingerprint density at radius 1 is 1.26 bits per heavy atom. The molecule has 7 nitrogen and oxygen atoms in total. The van der Waals surface area contributed by atoms with Crippen LogP contribution in [0.15, 0.2) is 0 Å². The molecule has 19 heavy (non-hydrogen) atoms. The van der Waals surface area contributed by atoms with E-state index in [1.807, 2.05) is 7.05 Å². The van der Waals surface area contributed by atoms with Gasteiger partial charge in [-0.3, -0.25) is 0 Å². The number of nitrogens with one attached hydrogen (secondary N) is 1. The highest BCUT2D eigenvalue weighted by Crippen LogP contribution is 2.19. The molecule has 3 N–H and O–H groups in total. The van der Waals surface area contributed by atoms with Gasteiger partial charge < -0.3 is 25.3 Å². The Morgan fingerprint density at radius 2 is 1.89 bits per heavy atom. The molecule has 2 rings (SSSR count). The quantitative estimate of drug-likeness (QED) is 0.618. The van der Waals surface area contributed by atoms with Crippen LogP contribution in [0, 0.1) is 0 Å². The molecule has 2 amide bonds. The van der Waals surface area contributed by atoms with Gasteiger partial charge in [0.25, 0.3) is 0 Å². The highest BCUT2D eigenvalue weighted by atomic mass is 16.4. The lowest BCUT2D eigenvalue weighted by atomic mass is 10.1. The van der Waals surface area contributed by atoms with Gasteiger partial charge >= 0.3 is 12.0 Å². The van der Waals surface area contributed by atoms with Crippen molar-refractivity contribution in [3.63, 3.8) is 0 Å². The molecule has 2 aliphatic heterocycles. The van der Waals surface area contributed by atoms with Crippen molar-refractivity contribution in [2.75, 3.05) is 26.7 Å². The van der Waals surface area contributed by atoms with Crippen molar-refractivity contribution >= 4 is 12.0 Å². The van der Waals surface area contributed by atoms with E-state index in [2.05, 4.69) is 10.2 Å². The Hall–Kier alpha value is -1.34. The van der Waals surface area contributed by atoms with Crippen LogP contribution >= 0.6 is 0 Å². The maximum atomic E-state index is 12.1. The summed E-state index contributed by atoms with van der Waals surface area (Å²) >= 11 is 0. The number of nitrogens with zero attached hydrogens (tertiary/aromatic N) is 2. The molecular weight excluding hydrogens is 250 g/mol. The number of carbonyl (C=O) groups is 2. The van der Waals surface area contributed by atoms with Crippen LogP contribution in [-0.2, 0) is 4.79 Å². The Balaban J connectivity index is 1.90. The van der Waals surface area contributed by atoms with Gasteiger partial charge in [0.2, 0.25) is 0 Å². The number of likely N-dealkylation sites (tertiary alicyclic amines) is 2. The second-order valence-corrected chi connectivity index (χ2v) is 5.42. The Morgan fingerprint density at radius 3 is 2.47 bits per heavy atom. The number of hydrogen-bond acceptors (Lipinski definition) is 4. The number of β-amino-alcohol motifs (C(OH)–C–C–N with tert-alkyl or cyclic N) is 1. The largest absolute Gasteiger partial charge is 0.480 e. The van der Waals surface area contributed by atoms with Gasteiger partial charge in [-0.2, -0.15) is 0 Å². The highest BCUT2D eigenvalue weighted by molar-refractivity contribution is 5.83. The van der Waals surface area contributed by atoms with Gasteiger partial charge in [-0.25, -0.2) is 9.59 Å². The second kappa shape index (κ2) is 5.75. The summed E-state index contributed by atoms with van der Waals surface area (Å²) in [5.74, 6) is -1.06. The van der Waals surface area contributed by atoms with Gasteiger partial charge in [-0.15, -0.1) is 0 Å². The highest BCUT2D eigenvalue weighted by Gasteiger charge is 2.39. The number of amides is 2. The van der Waals surface area contributed by atoms with Gasteiger partial charge in [-0.1, -0.05) is 0 Å². The third-order valence-corrected chi connectivity index (χ3v) is 3.87. The Kier molecular flexibility index (Phi) is 4.26. The van der Waals surface area contributed by atoms with Gasteiger partial charge in [0.1, 0.15) is 6.04 Å². The fraction of sp³-hybridized carbons (Fsp3) is 0.833. The minimum absolute atomic E-state index is 0.0927. The number of aliphatic hydroxyl groups is 1. The van der Waals surface area contributed by atoms with Crippen LogP contribution in [0.4, 0.5) is 4.79 Å². The summed E-state index contributed by atoms with van der Waals surface area (Å²) in [7, 11) is 2.04. The lowest BCUT2D eigenvalue weighted by molar-refractivity contribution is -0.141. The van der Waals surface area contributed by atoms with Crippen molar-refractivity contribution in [3.8, 4) is 0 Å². The number of rotatable bonds is 2. The molecule has 0 saturated carbocycles. The zero-order chi connectivity index (χ0) is 14.0. The molecule has 0 aromatic heterocycles. The first-order chi connectivity index (χ1) is 8.97. The standard InChI is InChI=1S/C12H21N3O4/c1-14-4-2-8(3-5-14)13-12(19)15-7-9(16)6-10(15)11(17)18/h8-10,16H,2-7H2,1H3,(H,13,19)(H,17,18)/t9-,10-/m0/s1. The maximum absolute atomic E-state index is 12.1. The molecule has 2 atom stereocenters. The van der Waals surface area contributed by atoms with Gasteiger partial charge in [0.15, 0.2) is 0 Å². The van der Waals surface area contributed by atoms with Crippen LogP contribution in [0.2, 0.25) is 0 Å². The van der Waals surface area contributed by atoms with Crippen molar-refractivity contribution in [3.05, 3.63) is 0 Å². The van der Waals surface area contributed by atoms with Crippen LogP contribution in [0.3, 0.4) is 0 Å². The van der Waals surface area contributed by atoms with E-state index in [0.29, 0.717) is 0 Å². The van der Waals surface area contributed by atoms with E-state index in [0.717, 1.165) is 25.9 Å². The Bertz CT molecular complexity index is 355. The first-order valence-electron chi connectivity index (χ1n) is 6.64. The monoisotopic (exact) mass is 271 g/mol. The summed E-state index contributed by atoms with van der Waals surface area (Å²) in [6.07, 6.45) is 1.10. The van der Waals surface area contributed by atoms with Crippen molar-refractivity contribution in [1.29, 1.82) is 0 Å². The molecular formula is C12H21N3O4. The van der Waals surface area contributed by atoms with E-state index < -0.39 is 18.1 Å². The van der Waals surface area contributed by atoms with Gasteiger partial charge in [-0.05, 0) is 33.0 Å². The lowest BCUT2D eigenvalue weighted by Gasteiger charge is -2.31. The lowest BCUT2D eigenvalue weighted by Crippen LogP contribution is -2.51. The average molecular weight is 271 g/mol. The van der Waals surface area contributed by atoms with E-state index in [9.17, 15) is 14.7 Å². The first kappa shape index (κ1) is 14.1. The number of aliphatic hydroxyl groups excluding tert-OH is 1. The average Bonchev–Trinajstić information content (AvgIpc) is 2.74. The molecule has 0 unspecified atom stereocenters. The fourth-order valence-corrected chi connectivity index (χ4v) is 2.68. The summed E-state index contributed by atoms with van der Waals surface area (Å²) in [5.41, 5.74) is 0. The molecule has 0 bridgehead atoms. The normalized spacial score (nSPS) is 29.5. The van der Waals surface area contributed by atoms with Crippen molar-refractivity contribution in [2.45, 2.75) is 37.5 Å². The zero-order valence-corrected chi connectivity index (χ0v) is 11.1. The summed E-state index contributed by atoms with van der Waals surface area (Å²) in [4.78, 5) is 26.6. The molecule has 108 valence electrons. The van der Waals surface area contributed by atoms with Crippen molar-refractivity contribution < 1.29 is 19.8 Å². The van der Waals surface area contributed by atoms with Crippen LogP contribution in [0.5, 0.6) is 0 Å². The minimum Gasteiger partial charge on any atom is -0.480 e. The van der Waals surface area contributed by atoms with Crippen molar-refractivity contribution in [2.24, 2.45) is 0 Å². The van der Waals surface area contributed by atoms with E-state index in [4.69, 9.17) is 5.11 Å². The summed E-state index contributed by atoms with van der Waals surface area (Å²) in [6, 6.07) is -1.20. The molecule has 0 aromatic rings. The van der Waals surface area contributed by atoms with E-state index in [1.165, 1.54) is 4.90 Å². The van der Waals surface area contributed by atoms with Gasteiger partial charge in [0.05, 0.1) is 6.10 Å². The maximum Gasteiger partial charge on any atom is 0.326 e. The van der Waals surface area contributed by atoms with Crippen molar-refractivity contribution in [1.82, 2.24) is 15.1 Å². The number of hydrogen-bond donors (Lipinski definition) is 3. The number of carboxylic acids is 1. The van der Waals surface area contributed by atoms with Crippen LogP contribution in [0.1, 0.15) is 19.3 Å². The molecule has 2 fully saturated rings. The number of carboxylic acid groups (broad SMARTS) is 1. The number of piperidine rings is 1. The fourth-order valence-electron chi connectivity index (χ4n) is 2.68.